The van der Waals surface area contributed by atoms with Crippen LogP contribution < -0.4 is 10.9 Å². The summed E-state index contributed by atoms with van der Waals surface area (Å²) in [4.78, 5) is 11.8. The largest absolute Gasteiger partial charge is 0.508 e. The Kier molecular flexibility index (Phi) is 5.83. The van der Waals surface area contributed by atoms with Crippen molar-refractivity contribution < 1.29 is 9.52 Å². The Morgan fingerprint density at radius 2 is 1.96 bits per heavy atom. The number of hydrogen-bond acceptors (Lipinski definition) is 4. The zero-order valence-corrected chi connectivity index (χ0v) is 14.5. The van der Waals surface area contributed by atoms with E-state index in [1.54, 1.807) is 19.1 Å². The molecule has 2 N–H and O–H groups in total. The van der Waals surface area contributed by atoms with Crippen LogP contribution in [-0.2, 0) is 6.54 Å². The molecule has 23 heavy (non-hydrogen) atoms. The van der Waals surface area contributed by atoms with Gasteiger partial charge in [0.1, 0.15) is 11.3 Å². The minimum absolute atomic E-state index is 0.146. The van der Waals surface area contributed by atoms with Gasteiger partial charge < -0.3 is 14.8 Å². The molecule has 0 aliphatic carbocycles. The van der Waals surface area contributed by atoms with Crippen molar-refractivity contribution in [2.45, 2.75) is 59.5 Å². The molecule has 0 aliphatic rings. The van der Waals surface area contributed by atoms with Crippen molar-refractivity contribution in [1.29, 1.82) is 0 Å². The lowest BCUT2D eigenvalue weighted by molar-refractivity contribution is 0.456. The molecule has 4 nitrogen and oxygen atoms in total. The van der Waals surface area contributed by atoms with E-state index in [-0.39, 0.29) is 11.4 Å². The van der Waals surface area contributed by atoms with E-state index in [9.17, 15) is 9.90 Å². The van der Waals surface area contributed by atoms with Gasteiger partial charge in [0.05, 0.1) is 0 Å². The summed E-state index contributed by atoms with van der Waals surface area (Å²) in [6.07, 6.45) is 3.57. The van der Waals surface area contributed by atoms with Crippen molar-refractivity contribution in [3.8, 4) is 5.75 Å². The molecule has 2 rings (SSSR count). The van der Waals surface area contributed by atoms with E-state index in [4.69, 9.17) is 4.42 Å². The van der Waals surface area contributed by atoms with Crippen LogP contribution in [0.3, 0.4) is 0 Å². The van der Waals surface area contributed by atoms with Gasteiger partial charge in [-0.15, -0.1) is 0 Å². The van der Waals surface area contributed by atoms with E-state index in [2.05, 4.69) is 26.1 Å². The monoisotopic (exact) mass is 317 g/mol. The summed E-state index contributed by atoms with van der Waals surface area (Å²) in [5, 5.41) is 14.1. The fraction of sp³-hybridized carbons (Fsp3) is 0.526. The molecule has 0 aliphatic heterocycles. The highest BCUT2D eigenvalue weighted by atomic mass is 16.4. The Morgan fingerprint density at radius 1 is 1.22 bits per heavy atom. The lowest BCUT2D eigenvalue weighted by atomic mass is 10.0. The summed E-state index contributed by atoms with van der Waals surface area (Å²) in [7, 11) is 0. The fourth-order valence-corrected chi connectivity index (χ4v) is 2.78. The molecule has 0 fully saturated rings. The van der Waals surface area contributed by atoms with Gasteiger partial charge in [0.2, 0.25) is 0 Å². The molecule has 1 aromatic heterocycles. The molecule has 1 aromatic carbocycles. The molecule has 0 bridgehead atoms. The standard InChI is InChI=1S/C19H27NO3/c1-12(2)6-5-7-13(3)20-11-15-10-18(22)23-19-14(4)17(21)9-8-16(15)19/h8-10,12-13,20-21H,5-7,11H2,1-4H3/t13-/m1/s1. The third-order valence-electron chi connectivity index (χ3n) is 4.28. The number of aryl methyl sites for hydroxylation is 1. The summed E-state index contributed by atoms with van der Waals surface area (Å²) >= 11 is 0. The summed E-state index contributed by atoms with van der Waals surface area (Å²) < 4.78 is 5.27. The summed E-state index contributed by atoms with van der Waals surface area (Å²) in [6.45, 7) is 9.03. The van der Waals surface area contributed by atoms with Crippen LogP contribution in [0.4, 0.5) is 0 Å². The molecular weight excluding hydrogens is 290 g/mol. The third kappa shape index (κ3) is 4.58. The van der Waals surface area contributed by atoms with Gasteiger partial charge in [-0.1, -0.05) is 26.7 Å². The maximum atomic E-state index is 11.8. The Labute approximate surface area is 137 Å². The quantitative estimate of drug-likeness (QED) is 0.754. The highest BCUT2D eigenvalue weighted by Crippen LogP contribution is 2.27. The van der Waals surface area contributed by atoms with Crippen LogP contribution in [0.25, 0.3) is 11.0 Å². The van der Waals surface area contributed by atoms with Crippen LogP contribution >= 0.6 is 0 Å². The SMILES string of the molecule is Cc1c(O)ccc2c(CN[C@H](C)CCCC(C)C)cc(=O)oc12. The second kappa shape index (κ2) is 7.64. The van der Waals surface area contributed by atoms with Crippen molar-refractivity contribution in [1.82, 2.24) is 5.32 Å². The Bertz CT molecular complexity index is 718. The van der Waals surface area contributed by atoms with Gasteiger partial charge in [-0.2, -0.15) is 0 Å². The normalized spacial score (nSPS) is 12.9. The van der Waals surface area contributed by atoms with E-state index in [1.807, 2.05) is 0 Å². The first kappa shape index (κ1) is 17.5. The van der Waals surface area contributed by atoms with Crippen LogP contribution in [-0.4, -0.2) is 11.1 Å². The predicted molar refractivity (Wildman–Crippen MR) is 93.9 cm³/mol. The molecule has 0 amide bonds. The number of fused-ring (bicyclic) bond motifs is 1. The first-order chi connectivity index (χ1) is 10.9. The maximum Gasteiger partial charge on any atom is 0.336 e. The van der Waals surface area contributed by atoms with Gasteiger partial charge in [0.15, 0.2) is 0 Å². The minimum Gasteiger partial charge on any atom is -0.508 e. The number of rotatable bonds is 7. The summed E-state index contributed by atoms with van der Waals surface area (Å²) in [5.74, 6) is 0.883. The van der Waals surface area contributed by atoms with Crippen LogP contribution in [0.15, 0.2) is 27.4 Å². The predicted octanol–water partition coefficient (Wildman–Crippen LogP) is 4.11. The number of aromatic hydroxyl groups is 1. The van der Waals surface area contributed by atoms with Gasteiger partial charge >= 0.3 is 5.63 Å². The molecule has 0 spiro atoms. The zero-order chi connectivity index (χ0) is 17.0. The van der Waals surface area contributed by atoms with Crippen molar-refractivity contribution in [3.63, 3.8) is 0 Å². The van der Waals surface area contributed by atoms with E-state index >= 15 is 0 Å². The van der Waals surface area contributed by atoms with Crippen molar-refractivity contribution in [2.24, 2.45) is 5.92 Å². The summed E-state index contributed by atoms with van der Waals surface area (Å²) in [5.41, 5.74) is 1.61. The molecule has 1 heterocycles. The smallest absolute Gasteiger partial charge is 0.336 e. The van der Waals surface area contributed by atoms with E-state index in [0.29, 0.717) is 23.7 Å². The highest BCUT2D eigenvalue weighted by Gasteiger charge is 2.11. The number of benzene rings is 1. The summed E-state index contributed by atoms with van der Waals surface area (Å²) in [6, 6.07) is 5.38. The third-order valence-corrected chi connectivity index (χ3v) is 4.28. The molecular formula is C19H27NO3. The first-order valence-electron chi connectivity index (χ1n) is 8.37. The second-order valence-electron chi connectivity index (χ2n) is 6.78. The van der Waals surface area contributed by atoms with E-state index < -0.39 is 0 Å². The maximum absolute atomic E-state index is 11.8. The Balaban J connectivity index is 2.11. The average Bonchev–Trinajstić information content (AvgIpc) is 2.48. The van der Waals surface area contributed by atoms with Crippen LogP contribution in [0.5, 0.6) is 5.75 Å². The van der Waals surface area contributed by atoms with Crippen molar-refractivity contribution in [3.05, 3.63) is 39.7 Å². The topological polar surface area (TPSA) is 62.5 Å². The minimum atomic E-state index is -0.379. The van der Waals surface area contributed by atoms with Gasteiger partial charge in [-0.3, -0.25) is 0 Å². The van der Waals surface area contributed by atoms with Crippen LogP contribution in [0.1, 0.15) is 51.2 Å². The van der Waals surface area contributed by atoms with Gasteiger partial charge in [-0.05, 0) is 43.9 Å². The van der Waals surface area contributed by atoms with E-state index in [0.717, 1.165) is 23.3 Å². The first-order valence-corrected chi connectivity index (χ1v) is 8.37. The number of phenolic OH excluding ortho intramolecular Hbond substituents is 1. The van der Waals surface area contributed by atoms with Crippen LogP contribution in [0.2, 0.25) is 0 Å². The van der Waals surface area contributed by atoms with Crippen molar-refractivity contribution in [2.75, 3.05) is 0 Å². The number of nitrogens with one attached hydrogen (secondary N) is 1. The molecule has 2 aromatic rings. The fourth-order valence-electron chi connectivity index (χ4n) is 2.78. The molecule has 0 saturated carbocycles. The average molecular weight is 317 g/mol. The molecule has 0 radical (unpaired) electrons. The highest BCUT2D eigenvalue weighted by molar-refractivity contribution is 5.84. The Morgan fingerprint density at radius 3 is 2.65 bits per heavy atom. The lowest BCUT2D eigenvalue weighted by Gasteiger charge is -2.15. The number of phenols is 1. The number of hydrogen-bond donors (Lipinski definition) is 2. The lowest BCUT2D eigenvalue weighted by Crippen LogP contribution is -2.26. The second-order valence-corrected chi connectivity index (χ2v) is 6.78. The molecule has 0 saturated heterocycles. The van der Waals surface area contributed by atoms with Gasteiger partial charge in [0.25, 0.3) is 0 Å². The van der Waals surface area contributed by atoms with Gasteiger partial charge in [-0.25, -0.2) is 4.79 Å². The van der Waals surface area contributed by atoms with Crippen molar-refractivity contribution >= 4 is 11.0 Å². The molecule has 0 unspecified atom stereocenters. The van der Waals surface area contributed by atoms with Crippen LogP contribution in [0, 0.1) is 12.8 Å². The molecule has 126 valence electrons. The van der Waals surface area contributed by atoms with E-state index in [1.165, 1.54) is 18.9 Å². The zero-order valence-electron chi connectivity index (χ0n) is 14.5. The molecule has 1 atom stereocenters. The molecule has 4 heteroatoms. The Hall–Kier alpha value is -1.81. The van der Waals surface area contributed by atoms with Gasteiger partial charge in [0, 0.05) is 29.6 Å².